The van der Waals surface area contributed by atoms with Gasteiger partial charge in [0.05, 0.1) is 5.69 Å². The molecule has 2 aromatic rings. The van der Waals surface area contributed by atoms with Crippen LogP contribution in [0, 0.1) is 6.92 Å². The second kappa shape index (κ2) is 7.32. The van der Waals surface area contributed by atoms with E-state index in [1.807, 2.05) is 36.1 Å². The number of rotatable bonds is 5. The van der Waals surface area contributed by atoms with Gasteiger partial charge in [0, 0.05) is 32.1 Å². The topological polar surface area (TPSA) is 58.6 Å². The van der Waals surface area contributed by atoms with Gasteiger partial charge in [-0.1, -0.05) is 12.1 Å². The molecule has 1 saturated carbocycles. The number of benzene rings is 1. The molecule has 136 valence electrons. The number of aromatic nitrogens is 2. The first-order valence-corrected chi connectivity index (χ1v) is 9.25. The number of hydrogen-bond donors (Lipinski definition) is 0. The molecular formula is C20H24N4O2. The first-order chi connectivity index (χ1) is 12.7. The number of aryl methyl sites for hydroxylation is 1. The SMILES string of the molecule is Cc1cccc(OCC(=O)N2CCN(c3ccc(C4CC4)nn3)CC2)c1. The Morgan fingerprint density at radius 3 is 2.58 bits per heavy atom. The van der Waals surface area contributed by atoms with Crippen molar-refractivity contribution in [3.8, 4) is 5.75 Å². The smallest absolute Gasteiger partial charge is 0.260 e. The lowest BCUT2D eigenvalue weighted by atomic mass is 10.2. The minimum absolute atomic E-state index is 0.0290. The van der Waals surface area contributed by atoms with Gasteiger partial charge in [-0.2, -0.15) is 5.10 Å². The highest BCUT2D eigenvalue weighted by molar-refractivity contribution is 5.78. The van der Waals surface area contributed by atoms with Crippen LogP contribution < -0.4 is 9.64 Å². The predicted molar refractivity (Wildman–Crippen MR) is 99.5 cm³/mol. The van der Waals surface area contributed by atoms with Crippen molar-refractivity contribution < 1.29 is 9.53 Å². The van der Waals surface area contributed by atoms with Crippen LogP contribution in [0.4, 0.5) is 5.82 Å². The van der Waals surface area contributed by atoms with E-state index in [1.54, 1.807) is 0 Å². The molecule has 6 heteroatoms. The summed E-state index contributed by atoms with van der Waals surface area (Å²) in [6.45, 7) is 5.00. The van der Waals surface area contributed by atoms with Gasteiger partial charge < -0.3 is 14.5 Å². The Kier molecular flexibility index (Phi) is 4.73. The minimum Gasteiger partial charge on any atom is -0.484 e. The fourth-order valence-electron chi connectivity index (χ4n) is 3.23. The molecule has 2 aliphatic rings. The molecule has 1 aromatic heterocycles. The number of carbonyl (C=O) groups excluding carboxylic acids is 1. The summed E-state index contributed by atoms with van der Waals surface area (Å²) < 4.78 is 5.63. The number of carbonyl (C=O) groups is 1. The molecule has 6 nitrogen and oxygen atoms in total. The van der Waals surface area contributed by atoms with Crippen molar-refractivity contribution >= 4 is 11.7 Å². The number of ether oxygens (including phenoxy) is 1. The Labute approximate surface area is 153 Å². The fraction of sp³-hybridized carbons (Fsp3) is 0.450. The van der Waals surface area contributed by atoms with Crippen LogP contribution in [-0.2, 0) is 4.79 Å². The summed E-state index contributed by atoms with van der Waals surface area (Å²) in [6, 6.07) is 11.9. The number of amides is 1. The van der Waals surface area contributed by atoms with E-state index in [0.717, 1.165) is 35.9 Å². The van der Waals surface area contributed by atoms with Crippen molar-refractivity contribution in [2.24, 2.45) is 0 Å². The van der Waals surface area contributed by atoms with E-state index in [9.17, 15) is 4.79 Å². The molecule has 1 aliphatic heterocycles. The van der Waals surface area contributed by atoms with Gasteiger partial charge in [0.1, 0.15) is 5.75 Å². The summed E-state index contributed by atoms with van der Waals surface area (Å²) >= 11 is 0. The Morgan fingerprint density at radius 2 is 1.92 bits per heavy atom. The molecule has 26 heavy (non-hydrogen) atoms. The monoisotopic (exact) mass is 352 g/mol. The summed E-state index contributed by atoms with van der Waals surface area (Å²) in [6.07, 6.45) is 2.47. The Bertz CT molecular complexity index is 766. The summed E-state index contributed by atoms with van der Waals surface area (Å²) in [7, 11) is 0. The zero-order chi connectivity index (χ0) is 17.9. The molecule has 1 aromatic carbocycles. The minimum atomic E-state index is 0.0290. The first kappa shape index (κ1) is 16.8. The average molecular weight is 352 g/mol. The highest BCUT2D eigenvalue weighted by atomic mass is 16.5. The number of piperazine rings is 1. The van der Waals surface area contributed by atoms with Crippen LogP contribution in [0.15, 0.2) is 36.4 Å². The maximum atomic E-state index is 12.4. The average Bonchev–Trinajstić information content (AvgIpc) is 3.52. The van der Waals surface area contributed by atoms with E-state index in [2.05, 4.69) is 27.2 Å². The van der Waals surface area contributed by atoms with Gasteiger partial charge in [-0.15, -0.1) is 5.10 Å². The van der Waals surface area contributed by atoms with E-state index in [0.29, 0.717) is 19.0 Å². The van der Waals surface area contributed by atoms with Crippen LogP contribution in [0.2, 0.25) is 0 Å². The third kappa shape index (κ3) is 3.95. The van der Waals surface area contributed by atoms with Crippen LogP contribution in [-0.4, -0.2) is 53.8 Å². The molecular weight excluding hydrogens is 328 g/mol. The summed E-state index contributed by atoms with van der Waals surface area (Å²) in [4.78, 5) is 16.4. The van der Waals surface area contributed by atoms with E-state index < -0.39 is 0 Å². The highest BCUT2D eigenvalue weighted by Gasteiger charge is 2.26. The van der Waals surface area contributed by atoms with Gasteiger partial charge in [0.2, 0.25) is 0 Å². The third-order valence-corrected chi connectivity index (χ3v) is 4.97. The molecule has 0 bridgehead atoms. The molecule has 1 saturated heterocycles. The highest BCUT2D eigenvalue weighted by Crippen LogP contribution is 2.38. The normalized spacial score (nSPS) is 17.3. The van der Waals surface area contributed by atoms with E-state index in [4.69, 9.17) is 4.74 Å². The molecule has 1 aliphatic carbocycles. The number of anilines is 1. The largest absolute Gasteiger partial charge is 0.484 e. The van der Waals surface area contributed by atoms with Crippen LogP contribution in [0.1, 0.15) is 30.0 Å². The molecule has 0 unspecified atom stereocenters. The van der Waals surface area contributed by atoms with Crippen LogP contribution >= 0.6 is 0 Å². The van der Waals surface area contributed by atoms with Crippen molar-refractivity contribution in [1.29, 1.82) is 0 Å². The van der Waals surface area contributed by atoms with Crippen molar-refractivity contribution in [3.05, 3.63) is 47.7 Å². The van der Waals surface area contributed by atoms with E-state index >= 15 is 0 Å². The number of nitrogens with zero attached hydrogens (tertiary/aromatic N) is 4. The lowest BCUT2D eigenvalue weighted by Gasteiger charge is -2.35. The summed E-state index contributed by atoms with van der Waals surface area (Å²) in [5, 5.41) is 8.71. The quantitative estimate of drug-likeness (QED) is 0.827. The van der Waals surface area contributed by atoms with Gasteiger partial charge in [0.25, 0.3) is 5.91 Å². The molecule has 1 amide bonds. The maximum absolute atomic E-state index is 12.4. The van der Waals surface area contributed by atoms with Crippen LogP contribution in [0.25, 0.3) is 0 Å². The van der Waals surface area contributed by atoms with Gasteiger partial charge in [-0.05, 0) is 49.6 Å². The van der Waals surface area contributed by atoms with Gasteiger partial charge >= 0.3 is 0 Å². The van der Waals surface area contributed by atoms with Gasteiger partial charge in [-0.3, -0.25) is 4.79 Å². The number of hydrogen-bond acceptors (Lipinski definition) is 5. The summed E-state index contributed by atoms with van der Waals surface area (Å²) in [5.41, 5.74) is 2.23. The molecule has 0 radical (unpaired) electrons. The molecule has 2 fully saturated rings. The zero-order valence-corrected chi connectivity index (χ0v) is 15.1. The second-order valence-electron chi connectivity index (χ2n) is 7.06. The van der Waals surface area contributed by atoms with Crippen molar-refractivity contribution in [1.82, 2.24) is 15.1 Å². The van der Waals surface area contributed by atoms with E-state index in [1.165, 1.54) is 12.8 Å². The fourth-order valence-corrected chi connectivity index (χ4v) is 3.23. The lowest BCUT2D eigenvalue weighted by Crippen LogP contribution is -2.50. The van der Waals surface area contributed by atoms with Crippen LogP contribution in [0.3, 0.4) is 0 Å². The molecule has 0 spiro atoms. The van der Waals surface area contributed by atoms with Crippen molar-refractivity contribution in [2.45, 2.75) is 25.7 Å². The third-order valence-electron chi connectivity index (χ3n) is 4.97. The molecule has 0 N–H and O–H groups in total. The molecule has 0 atom stereocenters. The Hall–Kier alpha value is -2.63. The van der Waals surface area contributed by atoms with Crippen LogP contribution in [0.5, 0.6) is 5.75 Å². The zero-order valence-electron chi connectivity index (χ0n) is 15.1. The van der Waals surface area contributed by atoms with Gasteiger partial charge in [0.15, 0.2) is 12.4 Å². The molecule has 2 heterocycles. The Balaban J connectivity index is 1.26. The van der Waals surface area contributed by atoms with Gasteiger partial charge in [-0.25, -0.2) is 0 Å². The predicted octanol–water partition coefficient (Wildman–Crippen LogP) is 2.39. The maximum Gasteiger partial charge on any atom is 0.260 e. The van der Waals surface area contributed by atoms with Crippen molar-refractivity contribution in [2.75, 3.05) is 37.7 Å². The first-order valence-electron chi connectivity index (χ1n) is 9.25. The standard InChI is InChI=1S/C20H24N4O2/c1-15-3-2-4-17(13-15)26-14-20(25)24-11-9-23(10-12-24)19-8-7-18(21-22-19)16-5-6-16/h2-4,7-8,13,16H,5-6,9-12,14H2,1H3. The van der Waals surface area contributed by atoms with Crippen molar-refractivity contribution in [3.63, 3.8) is 0 Å². The van der Waals surface area contributed by atoms with E-state index in [-0.39, 0.29) is 12.5 Å². The summed E-state index contributed by atoms with van der Waals surface area (Å²) in [5.74, 6) is 2.29. The lowest BCUT2D eigenvalue weighted by molar-refractivity contribution is -0.133. The Morgan fingerprint density at radius 1 is 1.12 bits per heavy atom. The second-order valence-corrected chi connectivity index (χ2v) is 7.06. The molecule has 4 rings (SSSR count).